The largest absolute Gasteiger partial charge is 3.00 e. The first-order valence-electron chi connectivity index (χ1n) is 13.8. The molecule has 0 radical (unpaired) electrons. The van der Waals surface area contributed by atoms with Crippen molar-refractivity contribution in [3.63, 3.8) is 0 Å². The minimum Gasteiger partial charge on any atom is -0.871 e. The van der Waals surface area contributed by atoms with E-state index in [-0.39, 0.29) is 56.7 Å². The first-order valence-corrected chi connectivity index (χ1v) is 13.8. The van der Waals surface area contributed by atoms with E-state index in [0.29, 0.717) is 16.8 Å². The van der Waals surface area contributed by atoms with Gasteiger partial charge in [-0.05, 0) is 17.5 Å². The number of nitro benzene ring substituents is 2. The first kappa shape index (κ1) is 35.1. The van der Waals surface area contributed by atoms with Gasteiger partial charge in [0.1, 0.15) is 5.69 Å². The monoisotopic (exact) mass is 703 g/mol. The summed E-state index contributed by atoms with van der Waals surface area (Å²) >= 11 is 0. The number of para-hydroxylation sites is 1. The molecule has 0 atom stereocenters. The Bertz CT molecular complexity index is 2290. The van der Waals surface area contributed by atoms with E-state index in [0.717, 1.165) is 41.8 Å². The fourth-order valence-corrected chi connectivity index (χ4v) is 4.30. The molecule has 246 valence electrons. The molecular formula is C32H20CoN8O8-. The van der Waals surface area contributed by atoms with Crippen LogP contribution in [-0.4, -0.2) is 14.5 Å². The summed E-state index contributed by atoms with van der Waals surface area (Å²) < 4.78 is 1.18. The molecule has 17 heteroatoms. The van der Waals surface area contributed by atoms with Crippen LogP contribution in [0.3, 0.4) is 0 Å². The summed E-state index contributed by atoms with van der Waals surface area (Å²) in [7, 11) is 0. The van der Waals surface area contributed by atoms with Gasteiger partial charge in [0, 0.05) is 35.3 Å². The number of hydrogen-bond donors (Lipinski definition) is 0. The maximum atomic E-state index is 12.4. The summed E-state index contributed by atoms with van der Waals surface area (Å²) in [5.41, 5.74) is -0.500. The number of nitrogens with zero attached hydrogens (tertiary/aromatic N) is 8. The molecule has 0 saturated heterocycles. The summed E-state index contributed by atoms with van der Waals surface area (Å²) in [6, 6.07) is 25.2. The van der Waals surface area contributed by atoms with Crippen LogP contribution < -0.4 is 26.0 Å². The second kappa shape index (κ2) is 15.2. The molecule has 0 spiro atoms. The van der Waals surface area contributed by atoms with Gasteiger partial charge >= 0.3 is 16.8 Å². The zero-order valence-electron chi connectivity index (χ0n) is 25.0. The molecule has 0 bridgehead atoms. The Hall–Kier alpha value is -6.72. The topological polar surface area (TPSA) is 241 Å². The van der Waals surface area contributed by atoms with Crippen LogP contribution in [0.4, 0.5) is 34.1 Å². The molecule has 5 aromatic carbocycles. The fraction of sp³-hybridized carbons (Fsp3) is 0.0312. The zero-order valence-corrected chi connectivity index (χ0v) is 26.0. The number of aryl methyl sites for hydroxylation is 1. The number of benzene rings is 5. The molecule has 0 aliphatic rings. The van der Waals surface area contributed by atoms with Crippen molar-refractivity contribution in [1.82, 2.24) is 9.78 Å². The second-order valence-electron chi connectivity index (χ2n) is 9.84. The predicted octanol–water partition coefficient (Wildman–Crippen LogP) is 5.81. The molecule has 0 N–H and O–H groups in total. The molecule has 49 heavy (non-hydrogen) atoms. The third-order valence-corrected chi connectivity index (χ3v) is 6.67. The summed E-state index contributed by atoms with van der Waals surface area (Å²) in [6.07, 6.45) is 0. The molecule has 16 nitrogen and oxygen atoms in total. The average molecular weight is 703 g/mol. The van der Waals surface area contributed by atoms with E-state index >= 15 is 0 Å². The molecule has 0 amide bonds. The Balaban J connectivity index is 0.000000217. The van der Waals surface area contributed by atoms with E-state index in [1.54, 1.807) is 49.4 Å². The number of azo groups is 2. The van der Waals surface area contributed by atoms with Crippen LogP contribution in [0.2, 0.25) is 0 Å². The van der Waals surface area contributed by atoms with Crippen LogP contribution in [0.1, 0.15) is 5.69 Å². The molecule has 0 aliphatic carbocycles. The van der Waals surface area contributed by atoms with Crippen molar-refractivity contribution in [2.45, 2.75) is 6.92 Å². The number of non-ortho nitro benzene ring substituents is 2. The van der Waals surface area contributed by atoms with Crippen LogP contribution >= 0.6 is 0 Å². The average Bonchev–Trinajstić information content (AvgIpc) is 3.37. The van der Waals surface area contributed by atoms with Gasteiger partial charge < -0.3 is 25.1 Å². The normalized spacial score (nSPS) is 10.9. The van der Waals surface area contributed by atoms with Crippen molar-refractivity contribution in [2.75, 3.05) is 0 Å². The van der Waals surface area contributed by atoms with Crippen molar-refractivity contribution in [2.24, 2.45) is 20.5 Å². The van der Waals surface area contributed by atoms with Crippen molar-refractivity contribution in [3.05, 3.63) is 139 Å². The minimum absolute atomic E-state index is 0. The SMILES string of the molecule is Cc1[n-]n(-c2ccccc2)c(=O)c1N=Nc1cc([N+](=O)[O-])ccc1[O-].O=[N+]([O-])c1ccc([O-])c(N=Nc2c([O-])ccc3ccccc23)c1.[Co+3]. The minimum atomic E-state index is -0.643. The Morgan fingerprint density at radius 1 is 0.633 bits per heavy atom. The maximum Gasteiger partial charge on any atom is 3.00 e. The molecule has 0 fully saturated rings. The molecule has 0 saturated carbocycles. The van der Waals surface area contributed by atoms with Crippen LogP contribution in [-0.2, 0) is 16.8 Å². The smallest absolute Gasteiger partial charge is 0.871 e. The van der Waals surface area contributed by atoms with E-state index in [9.17, 15) is 40.3 Å². The van der Waals surface area contributed by atoms with Crippen molar-refractivity contribution >= 4 is 44.9 Å². The Morgan fingerprint density at radius 2 is 1.14 bits per heavy atom. The molecule has 0 unspecified atom stereocenters. The van der Waals surface area contributed by atoms with E-state index < -0.39 is 26.9 Å². The van der Waals surface area contributed by atoms with Gasteiger partial charge in [-0.2, -0.15) is 15.3 Å². The number of fused-ring (bicyclic) bond motifs is 1. The van der Waals surface area contributed by atoms with Gasteiger partial charge in [-0.1, -0.05) is 90.9 Å². The number of rotatable bonds is 7. The molecule has 6 aromatic rings. The first-order chi connectivity index (χ1) is 23.0. The number of aromatic nitrogens is 2. The molecule has 0 aliphatic heterocycles. The van der Waals surface area contributed by atoms with Crippen LogP contribution in [0.25, 0.3) is 16.5 Å². The quantitative estimate of drug-likeness (QED) is 0.110. The van der Waals surface area contributed by atoms with Gasteiger partial charge in [-0.3, -0.25) is 25.0 Å². The number of nitro groups is 2. The van der Waals surface area contributed by atoms with Gasteiger partial charge in [0.05, 0.1) is 26.9 Å². The summed E-state index contributed by atoms with van der Waals surface area (Å²) in [6.45, 7) is 1.58. The van der Waals surface area contributed by atoms with Gasteiger partial charge in [0.25, 0.3) is 16.9 Å². The summed E-state index contributed by atoms with van der Waals surface area (Å²) in [5, 5.41) is 77.6. The third kappa shape index (κ3) is 7.99. The van der Waals surface area contributed by atoms with Crippen LogP contribution in [0.5, 0.6) is 17.2 Å². The van der Waals surface area contributed by atoms with Gasteiger partial charge in [0.2, 0.25) is 0 Å². The van der Waals surface area contributed by atoms with Gasteiger partial charge in [0.15, 0.2) is 0 Å². The third-order valence-electron chi connectivity index (χ3n) is 6.67. The van der Waals surface area contributed by atoms with E-state index in [4.69, 9.17) is 0 Å². The van der Waals surface area contributed by atoms with E-state index in [2.05, 4.69) is 25.6 Å². The molecule has 6 rings (SSSR count). The standard InChI is InChI=1S/C16H13N5O4.C16H11N3O4.Co/c1-10-15(16(23)20(19-10)11-5-3-2-4-6-11)18-17-13-9-12(21(24)25)7-8-14(13)22;20-14-8-6-11(19(22)23)9-13(14)17-18-16-12-4-2-1-3-10(12)5-7-15(16)21;/h2-9H,1H3,(H2,17,18,19,22,23);1-9,20-21H;/q;;+3/p-4. The summed E-state index contributed by atoms with van der Waals surface area (Å²) in [5.74, 6) is -1.38. The Morgan fingerprint density at radius 3 is 1.71 bits per heavy atom. The Labute approximate surface area is 285 Å². The number of hydrogen-bond acceptors (Lipinski definition) is 12. The maximum absolute atomic E-state index is 12.4. The van der Waals surface area contributed by atoms with Gasteiger partial charge in [-0.25, -0.2) is 0 Å². The Kier molecular flexibility index (Phi) is 10.9. The molecule has 1 aromatic heterocycles. The molecular weight excluding hydrogens is 683 g/mol. The van der Waals surface area contributed by atoms with Gasteiger partial charge in [-0.15, -0.1) is 10.8 Å². The summed E-state index contributed by atoms with van der Waals surface area (Å²) in [4.78, 5) is 32.7. The van der Waals surface area contributed by atoms with Crippen molar-refractivity contribution in [1.29, 1.82) is 0 Å². The fourth-order valence-electron chi connectivity index (χ4n) is 4.30. The van der Waals surface area contributed by atoms with Crippen LogP contribution in [0, 0.1) is 27.2 Å². The zero-order chi connectivity index (χ0) is 34.4. The van der Waals surface area contributed by atoms with Crippen LogP contribution in [0.15, 0.2) is 128 Å². The molecule has 1 heterocycles. The van der Waals surface area contributed by atoms with Crippen molar-refractivity contribution in [3.8, 4) is 22.9 Å². The van der Waals surface area contributed by atoms with E-state index in [1.165, 1.54) is 10.7 Å². The predicted molar refractivity (Wildman–Crippen MR) is 167 cm³/mol. The second-order valence-corrected chi connectivity index (χ2v) is 9.84. The van der Waals surface area contributed by atoms with E-state index in [1.807, 2.05) is 18.2 Å². The van der Waals surface area contributed by atoms with Crippen molar-refractivity contribution < 1.29 is 41.9 Å².